The van der Waals surface area contributed by atoms with Crippen molar-refractivity contribution in [2.24, 2.45) is 5.92 Å². The lowest BCUT2D eigenvalue weighted by Crippen LogP contribution is -2.44. The lowest BCUT2D eigenvalue weighted by atomic mass is 9.88. The standard InChI is InChI=1S/C16H23N3O/c1-11(2)19(10-12-4-3-7-17-9-12)16(20)14-8-13-5-6-15(14)18-13/h3-4,7,9,11,13-15,18H,5-6,8,10H2,1-2H3. The molecule has 0 aliphatic carbocycles. The Morgan fingerprint density at radius 1 is 1.50 bits per heavy atom. The fourth-order valence-electron chi connectivity index (χ4n) is 3.51. The van der Waals surface area contributed by atoms with Crippen molar-refractivity contribution < 1.29 is 4.79 Å². The van der Waals surface area contributed by atoms with Crippen LogP contribution in [0.25, 0.3) is 0 Å². The lowest BCUT2D eigenvalue weighted by molar-refractivity contribution is -0.138. The highest BCUT2D eigenvalue weighted by molar-refractivity contribution is 5.80. The van der Waals surface area contributed by atoms with Crippen LogP contribution >= 0.6 is 0 Å². The van der Waals surface area contributed by atoms with Crippen LogP contribution in [0, 0.1) is 5.92 Å². The van der Waals surface area contributed by atoms with Crippen molar-refractivity contribution in [3.63, 3.8) is 0 Å². The first-order valence-corrected chi connectivity index (χ1v) is 7.60. The second-order valence-electron chi connectivity index (χ2n) is 6.31. The van der Waals surface area contributed by atoms with E-state index in [2.05, 4.69) is 24.1 Å². The van der Waals surface area contributed by atoms with Crippen molar-refractivity contribution in [1.29, 1.82) is 0 Å². The van der Waals surface area contributed by atoms with Crippen molar-refractivity contribution >= 4 is 5.91 Å². The Hall–Kier alpha value is -1.42. The molecule has 0 radical (unpaired) electrons. The summed E-state index contributed by atoms with van der Waals surface area (Å²) < 4.78 is 0. The molecule has 4 heteroatoms. The molecular weight excluding hydrogens is 250 g/mol. The van der Waals surface area contributed by atoms with Gasteiger partial charge in [-0.15, -0.1) is 0 Å². The Labute approximate surface area is 120 Å². The van der Waals surface area contributed by atoms with E-state index in [-0.39, 0.29) is 12.0 Å². The van der Waals surface area contributed by atoms with E-state index < -0.39 is 0 Å². The normalized spacial score (nSPS) is 28.1. The first-order valence-electron chi connectivity index (χ1n) is 7.60. The van der Waals surface area contributed by atoms with Crippen LogP contribution in [-0.4, -0.2) is 33.9 Å². The smallest absolute Gasteiger partial charge is 0.227 e. The van der Waals surface area contributed by atoms with Gasteiger partial charge >= 0.3 is 0 Å². The molecule has 0 spiro atoms. The summed E-state index contributed by atoms with van der Waals surface area (Å²) in [6, 6.07) is 5.16. The summed E-state index contributed by atoms with van der Waals surface area (Å²) in [5.74, 6) is 0.483. The minimum atomic E-state index is 0.174. The Kier molecular flexibility index (Phi) is 3.74. The molecule has 2 bridgehead atoms. The third-order valence-corrected chi connectivity index (χ3v) is 4.60. The fraction of sp³-hybridized carbons (Fsp3) is 0.625. The number of rotatable bonds is 4. The first kappa shape index (κ1) is 13.6. The van der Waals surface area contributed by atoms with Gasteiger partial charge in [-0.05, 0) is 44.7 Å². The highest BCUT2D eigenvalue weighted by Gasteiger charge is 2.44. The molecule has 3 heterocycles. The number of carbonyl (C=O) groups is 1. The minimum Gasteiger partial charge on any atom is -0.336 e. The van der Waals surface area contributed by atoms with Crippen LogP contribution in [0.2, 0.25) is 0 Å². The summed E-state index contributed by atoms with van der Waals surface area (Å²) in [5.41, 5.74) is 1.10. The zero-order valence-electron chi connectivity index (χ0n) is 12.2. The van der Waals surface area contributed by atoms with Crippen molar-refractivity contribution in [1.82, 2.24) is 15.2 Å². The van der Waals surface area contributed by atoms with E-state index >= 15 is 0 Å². The summed E-state index contributed by atoms with van der Waals surface area (Å²) in [7, 11) is 0. The predicted molar refractivity (Wildman–Crippen MR) is 78.0 cm³/mol. The van der Waals surface area contributed by atoms with Gasteiger partial charge in [-0.3, -0.25) is 9.78 Å². The third kappa shape index (κ3) is 2.57. The predicted octanol–water partition coefficient (Wildman–Crippen LogP) is 1.96. The Morgan fingerprint density at radius 3 is 2.90 bits per heavy atom. The number of fused-ring (bicyclic) bond motifs is 2. The van der Waals surface area contributed by atoms with Gasteiger partial charge in [0.1, 0.15) is 0 Å². The molecule has 2 aliphatic rings. The summed E-state index contributed by atoms with van der Waals surface area (Å²) >= 11 is 0. The van der Waals surface area contributed by atoms with E-state index in [4.69, 9.17) is 0 Å². The lowest BCUT2D eigenvalue weighted by Gasteiger charge is -2.32. The number of carbonyl (C=O) groups excluding carboxylic acids is 1. The number of amides is 1. The number of nitrogens with zero attached hydrogens (tertiary/aromatic N) is 2. The van der Waals surface area contributed by atoms with E-state index in [0.29, 0.717) is 24.5 Å². The molecular formula is C16H23N3O. The highest BCUT2D eigenvalue weighted by Crippen LogP contribution is 2.34. The molecule has 1 aromatic heterocycles. The van der Waals surface area contributed by atoms with Gasteiger partial charge in [0, 0.05) is 37.1 Å². The van der Waals surface area contributed by atoms with Crippen LogP contribution in [0.1, 0.15) is 38.7 Å². The summed E-state index contributed by atoms with van der Waals surface area (Å²) in [4.78, 5) is 19.0. The molecule has 2 fully saturated rings. The van der Waals surface area contributed by atoms with E-state index in [1.165, 1.54) is 6.42 Å². The van der Waals surface area contributed by atoms with Crippen LogP contribution in [-0.2, 0) is 11.3 Å². The van der Waals surface area contributed by atoms with Crippen molar-refractivity contribution in [2.45, 2.75) is 57.8 Å². The maximum atomic E-state index is 12.8. The maximum Gasteiger partial charge on any atom is 0.227 e. The Bertz CT molecular complexity index is 474. The summed E-state index contributed by atoms with van der Waals surface area (Å²) in [6.07, 6.45) is 7.02. The van der Waals surface area contributed by atoms with Crippen molar-refractivity contribution in [2.75, 3.05) is 0 Å². The zero-order chi connectivity index (χ0) is 14.1. The molecule has 3 unspecified atom stereocenters. The molecule has 1 aromatic rings. The molecule has 0 saturated carbocycles. The molecule has 4 nitrogen and oxygen atoms in total. The number of aromatic nitrogens is 1. The van der Waals surface area contributed by atoms with Gasteiger partial charge in [-0.2, -0.15) is 0 Å². The van der Waals surface area contributed by atoms with Crippen LogP contribution in [0.4, 0.5) is 0 Å². The maximum absolute atomic E-state index is 12.8. The van der Waals surface area contributed by atoms with Crippen molar-refractivity contribution in [3.8, 4) is 0 Å². The van der Waals surface area contributed by atoms with E-state index in [9.17, 15) is 4.79 Å². The Morgan fingerprint density at radius 2 is 2.35 bits per heavy atom. The monoisotopic (exact) mass is 273 g/mol. The fourth-order valence-corrected chi connectivity index (χ4v) is 3.51. The minimum absolute atomic E-state index is 0.174. The molecule has 1 amide bonds. The highest BCUT2D eigenvalue weighted by atomic mass is 16.2. The van der Waals surface area contributed by atoms with Crippen molar-refractivity contribution in [3.05, 3.63) is 30.1 Å². The summed E-state index contributed by atoms with van der Waals surface area (Å²) in [6.45, 7) is 4.85. The molecule has 3 rings (SSSR count). The number of hydrogen-bond donors (Lipinski definition) is 1. The van der Waals surface area contributed by atoms with Crippen LogP contribution < -0.4 is 5.32 Å². The van der Waals surface area contributed by atoms with Crippen LogP contribution in [0.15, 0.2) is 24.5 Å². The van der Waals surface area contributed by atoms with Crippen LogP contribution in [0.5, 0.6) is 0 Å². The van der Waals surface area contributed by atoms with Gasteiger partial charge < -0.3 is 10.2 Å². The van der Waals surface area contributed by atoms with Gasteiger partial charge in [-0.1, -0.05) is 6.07 Å². The topological polar surface area (TPSA) is 45.2 Å². The van der Waals surface area contributed by atoms with Gasteiger partial charge in [-0.25, -0.2) is 0 Å². The van der Waals surface area contributed by atoms with E-state index in [1.54, 1.807) is 6.20 Å². The summed E-state index contributed by atoms with van der Waals surface area (Å²) in [5, 5.41) is 3.56. The number of pyridine rings is 1. The zero-order valence-corrected chi connectivity index (χ0v) is 12.2. The van der Waals surface area contributed by atoms with Crippen LogP contribution in [0.3, 0.4) is 0 Å². The second kappa shape index (κ2) is 5.52. The van der Waals surface area contributed by atoms with Gasteiger partial charge in [0.25, 0.3) is 0 Å². The molecule has 108 valence electrons. The van der Waals surface area contributed by atoms with E-state index in [0.717, 1.165) is 18.4 Å². The van der Waals surface area contributed by atoms with Gasteiger partial charge in [0.2, 0.25) is 5.91 Å². The second-order valence-corrected chi connectivity index (χ2v) is 6.31. The average molecular weight is 273 g/mol. The van der Waals surface area contributed by atoms with Gasteiger partial charge in [0.15, 0.2) is 0 Å². The van der Waals surface area contributed by atoms with E-state index in [1.807, 2.05) is 23.2 Å². The molecule has 20 heavy (non-hydrogen) atoms. The Balaban J connectivity index is 1.72. The number of nitrogens with one attached hydrogen (secondary N) is 1. The molecule has 3 atom stereocenters. The molecule has 2 saturated heterocycles. The largest absolute Gasteiger partial charge is 0.336 e. The SMILES string of the molecule is CC(C)N(Cc1cccnc1)C(=O)C1CC2CCC1N2. The third-order valence-electron chi connectivity index (χ3n) is 4.60. The first-order chi connectivity index (χ1) is 9.65. The molecule has 1 N–H and O–H groups in total. The molecule has 0 aromatic carbocycles. The average Bonchev–Trinajstić information content (AvgIpc) is 3.07. The van der Waals surface area contributed by atoms with Gasteiger partial charge in [0.05, 0.1) is 5.92 Å². The molecule has 2 aliphatic heterocycles. The quantitative estimate of drug-likeness (QED) is 0.912. The number of hydrogen-bond acceptors (Lipinski definition) is 3.